The molecule has 18 heavy (non-hydrogen) atoms. The van der Waals surface area contributed by atoms with Gasteiger partial charge in [0.05, 0.1) is 22.3 Å². The number of nitrogens with zero attached hydrogens (tertiary/aromatic N) is 2. The Kier molecular flexibility index (Phi) is 3.56. The summed E-state index contributed by atoms with van der Waals surface area (Å²) in [4.78, 5) is 17.5. The molecule has 0 spiro atoms. The van der Waals surface area contributed by atoms with E-state index in [0.717, 1.165) is 0 Å². The molecule has 1 aliphatic heterocycles. The predicted octanol–water partition coefficient (Wildman–Crippen LogP) is 0.693. The Morgan fingerprint density at radius 3 is 2.94 bits per heavy atom. The van der Waals surface area contributed by atoms with Crippen LogP contribution in [0.3, 0.4) is 0 Å². The smallest absolute Gasteiger partial charge is 0.255 e. The molecule has 1 aliphatic rings. The minimum Gasteiger partial charge on any atom is -0.388 e. The highest BCUT2D eigenvalue weighted by atomic mass is 35.5. The molecule has 2 unspecified atom stereocenters. The number of aliphatic hydroxyl groups is 2. The number of rotatable bonds is 1. The summed E-state index contributed by atoms with van der Waals surface area (Å²) in [5.74, 6) is -0.237. The Balaban J connectivity index is 2.12. The summed E-state index contributed by atoms with van der Waals surface area (Å²) in [6.45, 7) is 2.08. The predicted molar refractivity (Wildman–Crippen MR) is 66.4 cm³/mol. The first-order chi connectivity index (χ1) is 8.40. The Hall–Kier alpha value is -1.17. The fraction of sp³-hybridized carbons (Fsp3) is 0.500. The van der Waals surface area contributed by atoms with E-state index in [1.807, 2.05) is 0 Å². The van der Waals surface area contributed by atoms with Crippen molar-refractivity contribution in [2.24, 2.45) is 0 Å². The first-order valence-electron chi connectivity index (χ1n) is 5.70. The number of piperidine rings is 1. The molecule has 6 heteroatoms. The molecule has 1 amide bonds. The van der Waals surface area contributed by atoms with Gasteiger partial charge in [-0.15, -0.1) is 0 Å². The quantitative estimate of drug-likeness (QED) is 0.788. The lowest BCUT2D eigenvalue weighted by atomic mass is 9.90. The number of halogens is 1. The van der Waals surface area contributed by atoms with Crippen LogP contribution in [0.15, 0.2) is 18.5 Å². The van der Waals surface area contributed by atoms with Crippen molar-refractivity contribution < 1.29 is 15.0 Å². The summed E-state index contributed by atoms with van der Waals surface area (Å²) in [5.41, 5.74) is -0.750. The molecule has 1 fully saturated rings. The first-order valence-corrected chi connectivity index (χ1v) is 6.08. The van der Waals surface area contributed by atoms with E-state index in [1.165, 1.54) is 23.4 Å². The molecule has 2 heterocycles. The maximum atomic E-state index is 12.1. The Morgan fingerprint density at radius 1 is 1.61 bits per heavy atom. The fourth-order valence-electron chi connectivity index (χ4n) is 1.92. The summed E-state index contributed by atoms with van der Waals surface area (Å²) < 4.78 is 0. The van der Waals surface area contributed by atoms with Crippen LogP contribution in [0.5, 0.6) is 0 Å². The molecule has 98 valence electrons. The average molecular weight is 271 g/mol. The molecule has 5 nitrogen and oxygen atoms in total. The number of amides is 1. The van der Waals surface area contributed by atoms with Crippen molar-refractivity contribution in [2.45, 2.75) is 25.0 Å². The Bertz CT molecular complexity index is 464. The van der Waals surface area contributed by atoms with Crippen LogP contribution in [0.2, 0.25) is 5.02 Å². The average Bonchev–Trinajstić information content (AvgIpc) is 2.32. The number of aromatic nitrogens is 1. The largest absolute Gasteiger partial charge is 0.388 e. The summed E-state index contributed by atoms with van der Waals surface area (Å²) in [6, 6.07) is 1.54. The number of aliphatic hydroxyl groups excluding tert-OH is 1. The number of carbonyl (C=O) groups excluding carboxylic acids is 1. The molecule has 2 atom stereocenters. The lowest BCUT2D eigenvalue weighted by molar-refractivity contribution is -0.0999. The van der Waals surface area contributed by atoms with E-state index >= 15 is 0 Å². The second kappa shape index (κ2) is 4.84. The fourth-order valence-corrected chi connectivity index (χ4v) is 2.09. The maximum absolute atomic E-state index is 12.1. The van der Waals surface area contributed by atoms with Crippen molar-refractivity contribution in [2.75, 3.05) is 13.1 Å². The topological polar surface area (TPSA) is 73.7 Å². The van der Waals surface area contributed by atoms with Gasteiger partial charge in [-0.25, -0.2) is 0 Å². The van der Waals surface area contributed by atoms with Gasteiger partial charge in [-0.1, -0.05) is 11.6 Å². The molecule has 1 aromatic rings. The molecule has 1 aromatic heterocycles. The van der Waals surface area contributed by atoms with E-state index in [1.54, 1.807) is 6.92 Å². The summed E-state index contributed by atoms with van der Waals surface area (Å²) in [5, 5.41) is 20.0. The highest BCUT2D eigenvalue weighted by Gasteiger charge is 2.38. The SMILES string of the molecule is CC1(O)CCN(C(=O)c2cncc(Cl)c2)CC1O. The highest BCUT2D eigenvalue weighted by molar-refractivity contribution is 6.30. The van der Waals surface area contributed by atoms with Crippen molar-refractivity contribution in [3.05, 3.63) is 29.0 Å². The second-order valence-corrected chi connectivity index (χ2v) is 5.20. The summed E-state index contributed by atoms with van der Waals surface area (Å²) in [6.07, 6.45) is 2.29. The number of pyridine rings is 1. The van der Waals surface area contributed by atoms with Gasteiger partial charge in [0, 0.05) is 25.5 Å². The van der Waals surface area contributed by atoms with Crippen LogP contribution in [0.4, 0.5) is 0 Å². The molecule has 0 bridgehead atoms. The molecule has 1 saturated heterocycles. The van der Waals surface area contributed by atoms with Crippen molar-refractivity contribution in [1.29, 1.82) is 0 Å². The van der Waals surface area contributed by atoms with Gasteiger partial charge >= 0.3 is 0 Å². The minimum atomic E-state index is -1.14. The molecular weight excluding hydrogens is 256 g/mol. The van der Waals surface area contributed by atoms with Crippen LogP contribution >= 0.6 is 11.6 Å². The third-order valence-corrected chi connectivity index (χ3v) is 3.44. The molecule has 0 aliphatic carbocycles. The Labute approximate surface area is 110 Å². The van der Waals surface area contributed by atoms with E-state index in [-0.39, 0.29) is 12.5 Å². The maximum Gasteiger partial charge on any atom is 0.255 e. The zero-order valence-corrected chi connectivity index (χ0v) is 10.8. The number of likely N-dealkylation sites (tertiary alicyclic amines) is 1. The van der Waals surface area contributed by atoms with E-state index in [0.29, 0.717) is 23.6 Å². The van der Waals surface area contributed by atoms with Crippen molar-refractivity contribution in [3.63, 3.8) is 0 Å². The third-order valence-electron chi connectivity index (χ3n) is 3.24. The van der Waals surface area contributed by atoms with Gasteiger partial charge in [-0.3, -0.25) is 9.78 Å². The van der Waals surface area contributed by atoms with Crippen LogP contribution in [0.25, 0.3) is 0 Å². The van der Waals surface area contributed by atoms with Crippen molar-refractivity contribution in [3.8, 4) is 0 Å². The first kappa shape index (κ1) is 13.3. The van der Waals surface area contributed by atoms with E-state index in [4.69, 9.17) is 11.6 Å². The summed E-state index contributed by atoms with van der Waals surface area (Å²) in [7, 11) is 0. The molecular formula is C12H15ClN2O3. The van der Waals surface area contributed by atoms with Crippen LogP contribution in [0.1, 0.15) is 23.7 Å². The van der Waals surface area contributed by atoms with Crippen LogP contribution in [-0.2, 0) is 0 Å². The van der Waals surface area contributed by atoms with Crippen LogP contribution in [0, 0.1) is 0 Å². The lowest BCUT2D eigenvalue weighted by Crippen LogP contribution is -2.55. The number of carbonyl (C=O) groups is 1. The van der Waals surface area contributed by atoms with E-state index in [2.05, 4.69) is 4.98 Å². The van der Waals surface area contributed by atoms with Gasteiger partial charge in [-0.2, -0.15) is 0 Å². The molecule has 0 radical (unpaired) electrons. The van der Waals surface area contributed by atoms with Gasteiger partial charge in [0.1, 0.15) is 0 Å². The minimum absolute atomic E-state index is 0.109. The van der Waals surface area contributed by atoms with Gasteiger partial charge in [0.15, 0.2) is 0 Å². The molecule has 0 aromatic carbocycles. The molecule has 0 saturated carbocycles. The van der Waals surface area contributed by atoms with Crippen molar-refractivity contribution in [1.82, 2.24) is 9.88 Å². The zero-order chi connectivity index (χ0) is 13.3. The monoisotopic (exact) mass is 270 g/mol. The van der Waals surface area contributed by atoms with E-state index < -0.39 is 11.7 Å². The number of β-amino-alcohol motifs (C(OH)–C–C–N with tert-alkyl or cyclic N) is 1. The normalized spacial score (nSPS) is 28.2. The van der Waals surface area contributed by atoms with Gasteiger partial charge in [0.2, 0.25) is 0 Å². The van der Waals surface area contributed by atoms with Crippen LogP contribution < -0.4 is 0 Å². The zero-order valence-electron chi connectivity index (χ0n) is 10.0. The van der Waals surface area contributed by atoms with E-state index in [9.17, 15) is 15.0 Å². The van der Waals surface area contributed by atoms with Gasteiger partial charge < -0.3 is 15.1 Å². The highest BCUT2D eigenvalue weighted by Crippen LogP contribution is 2.23. The third kappa shape index (κ3) is 2.63. The Morgan fingerprint density at radius 2 is 2.33 bits per heavy atom. The van der Waals surface area contributed by atoms with Gasteiger partial charge in [0.25, 0.3) is 5.91 Å². The second-order valence-electron chi connectivity index (χ2n) is 4.77. The number of hydrogen-bond acceptors (Lipinski definition) is 4. The van der Waals surface area contributed by atoms with Crippen molar-refractivity contribution >= 4 is 17.5 Å². The number of hydrogen-bond donors (Lipinski definition) is 2. The lowest BCUT2D eigenvalue weighted by Gasteiger charge is -2.39. The summed E-state index contributed by atoms with van der Waals surface area (Å²) >= 11 is 5.78. The van der Waals surface area contributed by atoms with Gasteiger partial charge in [-0.05, 0) is 19.4 Å². The standard InChI is InChI=1S/C12H15ClN2O3/c1-12(18)2-3-15(7-10(12)16)11(17)8-4-9(13)6-14-5-8/h4-6,10,16,18H,2-3,7H2,1H3. The molecule has 2 N–H and O–H groups in total. The molecule has 2 rings (SSSR count). The van der Waals surface area contributed by atoms with Crippen LogP contribution in [-0.4, -0.2) is 50.8 Å².